The Morgan fingerprint density at radius 3 is 2.74 bits per heavy atom. The number of aliphatic imine (C=N–C) groups is 1. The number of thioether (sulfide) groups is 1. The fourth-order valence-corrected chi connectivity index (χ4v) is 4.88. The van der Waals surface area contributed by atoms with E-state index in [9.17, 15) is 18.0 Å². The molecule has 6 nitrogen and oxygen atoms in total. The molecule has 2 heterocycles. The molecule has 0 bridgehead atoms. The summed E-state index contributed by atoms with van der Waals surface area (Å²) < 4.78 is 41.4. The molecule has 2 N–H and O–H groups in total. The van der Waals surface area contributed by atoms with Crippen molar-refractivity contribution in [1.82, 2.24) is 20.4 Å². The maximum absolute atomic E-state index is 13.8. The summed E-state index contributed by atoms with van der Waals surface area (Å²) in [6.45, 7) is 1.49. The number of carbonyl (C=O) groups is 1. The van der Waals surface area contributed by atoms with Gasteiger partial charge in [0, 0.05) is 17.0 Å². The molecule has 1 aliphatic heterocycles. The number of carbonyl (C=O) groups excluding carboxylic acids is 1. The lowest BCUT2D eigenvalue weighted by Crippen LogP contribution is -2.24. The van der Waals surface area contributed by atoms with Crippen molar-refractivity contribution in [3.8, 4) is 0 Å². The summed E-state index contributed by atoms with van der Waals surface area (Å²) in [6.07, 6.45) is -2.23. The van der Waals surface area contributed by atoms with Gasteiger partial charge in [-0.2, -0.15) is 23.3 Å². The summed E-state index contributed by atoms with van der Waals surface area (Å²) >= 11 is 7.02. The van der Waals surface area contributed by atoms with Crippen LogP contribution in [0.2, 0.25) is 5.02 Å². The van der Waals surface area contributed by atoms with Gasteiger partial charge in [0.15, 0.2) is 5.17 Å². The number of aromatic amines is 1. The van der Waals surface area contributed by atoms with E-state index in [-0.39, 0.29) is 17.0 Å². The number of allylic oxidation sites excluding steroid dienone is 1. The lowest BCUT2D eigenvalue weighted by atomic mass is 9.93. The van der Waals surface area contributed by atoms with Crippen molar-refractivity contribution in [2.45, 2.75) is 19.0 Å². The highest BCUT2D eigenvalue weighted by molar-refractivity contribution is 8.18. The molecule has 0 aliphatic carbocycles. The largest absolute Gasteiger partial charge is 0.416 e. The fourth-order valence-electron chi connectivity index (χ4n) is 3.76. The first-order chi connectivity index (χ1) is 16.6. The highest BCUT2D eigenvalue weighted by atomic mass is 35.5. The molecule has 3 aromatic rings. The van der Waals surface area contributed by atoms with E-state index in [1.807, 2.05) is 14.1 Å². The number of rotatable bonds is 7. The average molecular weight is 522 g/mol. The van der Waals surface area contributed by atoms with Gasteiger partial charge < -0.3 is 10.2 Å². The van der Waals surface area contributed by atoms with Crippen LogP contribution >= 0.6 is 23.4 Å². The highest BCUT2D eigenvalue weighted by Crippen LogP contribution is 2.40. The summed E-state index contributed by atoms with van der Waals surface area (Å²) in [4.78, 5) is 19.4. The predicted molar refractivity (Wildman–Crippen MR) is 134 cm³/mol. The Labute approximate surface area is 209 Å². The van der Waals surface area contributed by atoms with E-state index in [1.165, 1.54) is 12.1 Å². The van der Waals surface area contributed by atoms with Crippen LogP contribution in [0.15, 0.2) is 52.5 Å². The van der Waals surface area contributed by atoms with Crippen LogP contribution in [-0.2, 0) is 17.4 Å². The molecule has 184 valence electrons. The SMILES string of the molecule is CN(C)CCCNC1=NC(=O)C(=C(Cc2ccc(Cl)cc2C(F)(F)F)c2ccc3[nH]ncc3c2)S1. The van der Waals surface area contributed by atoms with Crippen molar-refractivity contribution in [3.63, 3.8) is 0 Å². The van der Waals surface area contributed by atoms with Crippen LogP contribution in [0.25, 0.3) is 16.5 Å². The molecular formula is C24H23ClF3N5OS. The minimum absolute atomic E-state index is 0.00560. The second-order valence-corrected chi connectivity index (χ2v) is 9.80. The first kappa shape index (κ1) is 25.3. The van der Waals surface area contributed by atoms with Crippen LogP contribution in [0, 0.1) is 0 Å². The number of amides is 1. The monoisotopic (exact) mass is 521 g/mol. The first-order valence-corrected chi connectivity index (χ1v) is 12.0. The molecule has 2 aromatic carbocycles. The molecule has 1 aromatic heterocycles. The Balaban J connectivity index is 1.71. The number of amidine groups is 1. The molecule has 0 atom stereocenters. The first-order valence-electron chi connectivity index (χ1n) is 10.8. The smallest absolute Gasteiger partial charge is 0.364 e. The van der Waals surface area contributed by atoms with E-state index in [0.29, 0.717) is 27.8 Å². The number of halogens is 4. The molecule has 1 aliphatic rings. The molecule has 0 spiro atoms. The molecule has 0 unspecified atom stereocenters. The number of aromatic nitrogens is 2. The third-order valence-electron chi connectivity index (χ3n) is 5.46. The van der Waals surface area contributed by atoms with Crippen LogP contribution in [0.3, 0.4) is 0 Å². The molecule has 11 heteroatoms. The molecule has 35 heavy (non-hydrogen) atoms. The number of hydrogen-bond acceptors (Lipinski definition) is 5. The summed E-state index contributed by atoms with van der Waals surface area (Å²) in [5.74, 6) is -0.477. The second-order valence-electron chi connectivity index (χ2n) is 8.36. The number of nitrogens with zero attached hydrogens (tertiary/aromatic N) is 3. The fraction of sp³-hybridized carbons (Fsp3) is 0.292. The van der Waals surface area contributed by atoms with Crippen molar-refractivity contribution in [3.05, 3.63) is 69.2 Å². The number of H-pyrrole nitrogens is 1. The number of fused-ring (bicyclic) bond motifs is 1. The van der Waals surface area contributed by atoms with E-state index in [2.05, 4.69) is 25.4 Å². The van der Waals surface area contributed by atoms with E-state index in [0.717, 1.165) is 41.7 Å². The number of alkyl halides is 3. The van der Waals surface area contributed by atoms with Gasteiger partial charge in [-0.05, 0) is 86.2 Å². The number of nitrogens with one attached hydrogen (secondary N) is 2. The summed E-state index contributed by atoms with van der Waals surface area (Å²) in [5.41, 5.74) is 1.07. The normalized spacial score (nSPS) is 15.7. The third kappa shape index (κ3) is 6.06. The van der Waals surface area contributed by atoms with Crippen molar-refractivity contribution < 1.29 is 18.0 Å². The lowest BCUT2D eigenvalue weighted by Gasteiger charge is -2.16. The van der Waals surface area contributed by atoms with Crippen LogP contribution in [0.4, 0.5) is 13.2 Å². The zero-order valence-electron chi connectivity index (χ0n) is 19.0. The maximum atomic E-state index is 13.8. The van der Waals surface area contributed by atoms with Gasteiger partial charge in [0.1, 0.15) is 0 Å². The van der Waals surface area contributed by atoms with E-state index in [1.54, 1.807) is 24.4 Å². The van der Waals surface area contributed by atoms with Crippen LogP contribution < -0.4 is 5.32 Å². The van der Waals surface area contributed by atoms with Gasteiger partial charge in [0.25, 0.3) is 5.91 Å². The van der Waals surface area contributed by atoms with Gasteiger partial charge in [-0.15, -0.1) is 0 Å². The molecule has 4 rings (SSSR count). The minimum Gasteiger partial charge on any atom is -0.364 e. The zero-order chi connectivity index (χ0) is 25.2. The van der Waals surface area contributed by atoms with Crippen molar-refractivity contribution >= 4 is 50.9 Å². The molecular weight excluding hydrogens is 499 g/mol. The van der Waals surface area contributed by atoms with Gasteiger partial charge in [-0.3, -0.25) is 9.89 Å². The molecule has 1 amide bonds. The predicted octanol–water partition coefficient (Wildman–Crippen LogP) is 5.36. The van der Waals surface area contributed by atoms with Gasteiger partial charge in [0.2, 0.25) is 0 Å². The molecule has 0 saturated heterocycles. The Morgan fingerprint density at radius 1 is 1.20 bits per heavy atom. The van der Waals surface area contributed by atoms with Crippen LogP contribution in [-0.4, -0.2) is 53.4 Å². The third-order valence-corrected chi connectivity index (χ3v) is 6.75. The second kappa shape index (κ2) is 10.4. The number of benzene rings is 2. The van der Waals surface area contributed by atoms with Crippen molar-refractivity contribution in [2.75, 3.05) is 27.2 Å². The van der Waals surface area contributed by atoms with Gasteiger partial charge in [-0.25, -0.2) is 0 Å². The number of hydrogen-bond donors (Lipinski definition) is 2. The lowest BCUT2D eigenvalue weighted by molar-refractivity contribution is -0.138. The van der Waals surface area contributed by atoms with Crippen LogP contribution in [0.1, 0.15) is 23.1 Å². The van der Waals surface area contributed by atoms with Gasteiger partial charge in [-0.1, -0.05) is 23.7 Å². The van der Waals surface area contributed by atoms with Crippen LogP contribution in [0.5, 0.6) is 0 Å². The zero-order valence-corrected chi connectivity index (χ0v) is 20.6. The Morgan fingerprint density at radius 2 is 2.00 bits per heavy atom. The minimum atomic E-state index is -4.59. The summed E-state index contributed by atoms with van der Waals surface area (Å²) in [5, 5.41) is 11.2. The molecule has 0 saturated carbocycles. The van der Waals surface area contributed by atoms with E-state index >= 15 is 0 Å². The Hall–Kier alpha value is -2.82. The molecule has 0 fully saturated rings. The van der Waals surface area contributed by atoms with E-state index < -0.39 is 17.6 Å². The molecule has 0 radical (unpaired) electrons. The van der Waals surface area contributed by atoms with Gasteiger partial charge in [0.05, 0.1) is 22.2 Å². The summed E-state index contributed by atoms with van der Waals surface area (Å²) in [7, 11) is 3.95. The highest BCUT2D eigenvalue weighted by Gasteiger charge is 2.35. The maximum Gasteiger partial charge on any atom is 0.416 e. The van der Waals surface area contributed by atoms with Crippen molar-refractivity contribution in [2.24, 2.45) is 4.99 Å². The standard InChI is InChI=1S/C24H23ClF3N5OS/c1-33(2)9-3-8-29-23-31-22(34)21(35-23)18(14-5-7-20-16(10-14)13-30-32-20)11-15-4-6-17(25)12-19(15)24(26,27)28/h4-7,10,12-13H,3,8-9,11H2,1-2H3,(H,30,32)(H,29,31,34). The summed E-state index contributed by atoms with van der Waals surface area (Å²) in [6, 6.07) is 9.05. The topological polar surface area (TPSA) is 73.4 Å². The Kier molecular flexibility index (Phi) is 7.53. The van der Waals surface area contributed by atoms with Crippen molar-refractivity contribution in [1.29, 1.82) is 0 Å². The van der Waals surface area contributed by atoms with Gasteiger partial charge >= 0.3 is 6.18 Å². The quantitative estimate of drug-likeness (QED) is 0.323. The average Bonchev–Trinajstić information content (AvgIpc) is 3.41. The Bertz CT molecular complexity index is 1320. The van der Waals surface area contributed by atoms with E-state index in [4.69, 9.17) is 11.6 Å².